The van der Waals surface area contributed by atoms with Crippen LogP contribution in [0, 0.1) is 5.82 Å². The van der Waals surface area contributed by atoms with E-state index in [1.54, 1.807) is 12.3 Å². The van der Waals surface area contributed by atoms with Gasteiger partial charge in [0.1, 0.15) is 17.1 Å². The molecule has 0 fully saturated rings. The van der Waals surface area contributed by atoms with Gasteiger partial charge in [0.2, 0.25) is 0 Å². The van der Waals surface area contributed by atoms with Crippen LogP contribution in [0.2, 0.25) is 0 Å². The second kappa shape index (κ2) is 2.48. The van der Waals surface area contributed by atoms with Crippen molar-refractivity contribution in [2.75, 3.05) is 7.11 Å². The molecule has 0 spiro atoms. The second-order valence-electron chi connectivity index (χ2n) is 2.39. The number of nitrogens with zero attached hydrogens (tertiary/aromatic N) is 2. The van der Waals surface area contributed by atoms with Crippen molar-refractivity contribution in [3.8, 4) is 5.75 Å². The molecule has 2 aromatic heterocycles. The van der Waals surface area contributed by atoms with E-state index in [0.717, 1.165) is 5.52 Å². The summed E-state index contributed by atoms with van der Waals surface area (Å²) in [5.41, 5.74) is 0.763. The largest absolute Gasteiger partial charge is 0.494 e. The maximum atomic E-state index is 12.8. The number of methoxy groups -OCH3 is 1. The Kier molecular flexibility index (Phi) is 1.46. The van der Waals surface area contributed by atoms with E-state index in [2.05, 4.69) is 5.10 Å². The van der Waals surface area contributed by atoms with Gasteiger partial charge in [-0.1, -0.05) is 0 Å². The molecule has 0 atom stereocenters. The summed E-state index contributed by atoms with van der Waals surface area (Å²) in [7, 11) is 1.50. The lowest BCUT2D eigenvalue weighted by Crippen LogP contribution is -1.92. The van der Waals surface area contributed by atoms with Gasteiger partial charge in [-0.2, -0.15) is 5.10 Å². The topological polar surface area (TPSA) is 26.5 Å². The molecule has 0 aliphatic rings. The minimum absolute atomic E-state index is 0.358. The van der Waals surface area contributed by atoms with Crippen LogP contribution >= 0.6 is 0 Å². The van der Waals surface area contributed by atoms with Crippen molar-refractivity contribution in [3.63, 3.8) is 0 Å². The normalized spacial score (nSPS) is 10.5. The van der Waals surface area contributed by atoms with E-state index in [1.807, 2.05) is 0 Å². The van der Waals surface area contributed by atoms with Crippen LogP contribution in [0.4, 0.5) is 4.39 Å². The Hall–Kier alpha value is -1.58. The van der Waals surface area contributed by atoms with E-state index in [0.29, 0.717) is 5.75 Å². The number of halogens is 1. The van der Waals surface area contributed by atoms with E-state index in [4.69, 9.17) is 4.74 Å². The Morgan fingerprint density at radius 3 is 3.17 bits per heavy atom. The van der Waals surface area contributed by atoms with Gasteiger partial charge in [-0.05, 0) is 6.07 Å². The molecule has 2 rings (SSSR count). The fraction of sp³-hybridized carbons (Fsp3) is 0.125. The van der Waals surface area contributed by atoms with Gasteiger partial charge >= 0.3 is 0 Å². The number of aromatic nitrogens is 2. The summed E-state index contributed by atoms with van der Waals surface area (Å²) in [6.07, 6.45) is 2.90. The molecule has 3 nitrogen and oxygen atoms in total. The maximum absolute atomic E-state index is 12.8. The molecular formula is C8H7FN2O. The van der Waals surface area contributed by atoms with E-state index in [1.165, 1.54) is 23.9 Å². The van der Waals surface area contributed by atoms with E-state index in [-0.39, 0.29) is 5.82 Å². The van der Waals surface area contributed by atoms with Crippen molar-refractivity contribution >= 4 is 5.52 Å². The van der Waals surface area contributed by atoms with Crippen molar-refractivity contribution in [3.05, 3.63) is 30.3 Å². The molecule has 0 saturated heterocycles. The zero-order valence-electron chi connectivity index (χ0n) is 6.49. The highest BCUT2D eigenvalue weighted by atomic mass is 19.1. The number of fused-ring (bicyclic) bond motifs is 1. The van der Waals surface area contributed by atoms with Gasteiger partial charge < -0.3 is 4.74 Å². The molecule has 0 aliphatic heterocycles. The second-order valence-corrected chi connectivity index (χ2v) is 2.39. The summed E-state index contributed by atoms with van der Waals surface area (Å²) < 4.78 is 19.2. The Labute approximate surface area is 68.4 Å². The zero-order chi connectivity index (χ0) is 8.55. The van der Waals surface area contributed by atoms with Gasteiger partial charge in [-0.3, -0.25) is 0 Å². The molecule has 0 amide bonds. The first-order valence-corrected chi connectivity index (χ1v) is 3.48. The van der Waals surface area contributed by atoms with Crippen LogP contribution in [0.15, 0.2) is 24.5 Å². The van der Waals surface area contributed by atoms with Crippen LogP contribution in [0.1, 0.15) is 0 Å². The van der Waals surface area contributed by atoms with E-state index >= 15 is 0 Å². The predicted molar refractivity (Wildman–Crippen MR) is 41.7 cm³/mol. The number of rotatable bonds is 1. The molecule has 0 saturated carbocycles. The first kappa shape index (κ1) is 7.09. The average molecular weight is 166 g/mol. The van der Waals surface area contributed by atoms with Gasteiger partial charge in [-0.25, -0.2) is 8.91 Å². The van der Waals surface area contributed by atoms with Crippen molar-refractivity contribution in [1.29, 1.82) is 0 Å². The lowest BCUT2D eigenvalue weighted by molar-refractivity contribution is 0.413. The van der Waals surface area contributed by atoms with Gasteiger partial charge in [0, 0.05) is 6.07 Å². The molecule has 62 valence electrons. The van der Waals surface area contributed by atoms with Gasteiger partial charge in [0.25, 0.3) is 0 Å². The smallest absolute Gasteiger partial charge is 0.147 e. The van der Waals surface area contributed by atoms with Crippen LogP contribution in [-0.2, 0) is 0 Å². The summed E-state index contributed by atoms with van der Waals surface area (Å²) >= 11 is 0. The SMILES string of the molecule is COc1cc(F)cn2nccc12. The Balaban J connectivity index is 2.80. The van der Waals surface area contributed by atoms with E-state index in [9.17, 15) is 4.39 Å². The highest BCUT2D eigenvalue weighted by Crippen LogP contribution is 2.19. The summed E-state index contributed by atoms with van der Waals surface area (Å²) in [4.78, 5) is 0. The molecule has 0 unspecified atom stereocenters. The Bertz CT molecular complexity index is 410. The highest BCUT2D eigenvalue weighted by molar-refractivity contribution is 5.58. The standard InChI is InChI=1S/C8H7FN2O/c1-12-8-4-6(9)5-11-7(8)2-3-10-11/h2-5H,1H3. The molecule has 4 heteroatoms. The third-order valence-electron chi connectivity index (χ3n) is 1.66. The molecule has 0 bridgehead atoms. The lowest BCUT2D eigenvalue weighted by Gasteiger charge is -2.01. The molecule has 0 aliphatic carbocycles. The minimum Gasteiger partial charge on any atom is -0.494 e. The van der Waals surface area contributed by atoms with Crippen LogP contribution < -0.4 is 4.74 Å². The predicted octanol–water partition coefficient (Wildman–Crippen LogP) is 1.48. The average Bonchev–Trinajstić information content (AvgIpc) is 2.50. The lowest BCUT2D eigenvalue weighted by atomic mass is 10.3. The van der Waals surface area contributed by atoms with Crippen LogP contribution in [0.5, 0.6) is 5.75 Å². The van der Waals surface area contributed by atoms with Crippen molar-refractivity contribution in [2.45, 2.75) is 0 Å². The summed E-state index contributed by atoms with van der Waals surface area (Å²) in [6, 6.07) is 3.09. The van der Waals surface area contributed by atoms with Crippen molar-refractivity contribution in [1.82, 2.24) is 9.61 Å². The first-order chi connectivity index (χ1) is 5.81. The van der Waals surface area contributed by atoms with Gasteiger partial charge in [0.05, 0.1) is 19.5 Å². The summed E-state index contributed by atoms with van der Waals surface area (Å²) in [5.74, 6) is 0.135. The monoisotopic (exact) mass is 166 g/mol. The van der Waals surface area contributed by atoms with Crippen LogP contribution in [0.25, 0.3) is 5.52 Å². The number of hydrogen-bond acceptors (Lipinski definition) is 2. The third kappa shape index (κ3) is 0.922. The number of pyridine rings is 1. The molecular weight excluding hydrogens is 159 g/mol. The Morgan fingerprint density at radius 1 is 1.58 bits per heavy atom. The fourth-order valence-electron chi connectivity index (χ4n) is 1.13. The fourth-order valence-corrected chi connectivity index (χ4v) is 1.13. The number of ether oxygens (including phenoxy) is 1. The molecule has 12 heavy (non-hydrogen) atoms. The maximum Gasteiger partial charge on any atom is 0.147 e. The first-order valence-electron chi connectivity index (χ1n) is 3.48. The molecule has 2 heterocycles. The molecule has 2 aromatic rings. The zero-order valence-corrected chi connectivity index (χ0v) is 6.49. The summed E-state index contributed by atoms with van der Waals surface area (Å²) in [5, 5.41) is 3.88. The quantitative estimate of drug-likeness (QED) is 0.641. The minimum atomic E-state index is -0.358. The Morgan fingerprint density at radius 2 is 2.42 bits per heavy atom. The molecule has 0 radical (unpaired) electrons. The molecule has 0 aromatic carbocycles. The van der Waals surface area contributed by atoms with Crippen molar-refractivity contribution in [2.24, 2.45) is 0 Å². The van der Waals surface area contributed by atoms with Gasteiger partial charge in [0.15, 0.2) is 0 Å². The molecule has 0 N–H and O–H groups in total. The van der Waals surface area contributed by atoms with Crippen molar-refractivity contribution < 1.29 is 9.13 Å². The van der Waals surface area contributed by atoms with Crippen LogP contribution in [0.3, 0.4) is 0 Å². The highest BCUT2D eigenvalue weighted by Gasteiger charge is 2.03. The summed E-state index contributed by atoms with van der Waals surface area (Å²) in [6.45, 7) is 0. The van der Waals surface area contributed by atoms with Crippen LogP contribution in [-0.4, -0.2) is 16.7 Å². The number of hydrogen-bond donors (Lipinski definition) is 0. The van der Waals surface area contributed by atoms with Gasteiger partial charge in [-0.15, -0.1) is 0 Å². The third-order valence-corrected chi connectivity index (χ3v) is 1.66. The van der Waals surface area contributed by atoms with E-state index < -0.39 is 0 Å².